The molecule has 2 amide bonds. The molecule has 0 bridgehead atoms. The zero-order valence-corrected chi connectivity index (χ0v) is 17.0. The monoisotopic (exact) mass is 392 g/mol. The molecule has 0 unspecified atom stereocenters. The average molecular weight is 393 g/mol. The molecule has 0 radical (unpaired) electrons. The van der Waals surface area contributed by atoms with Gasteiger partial charge in [-0.3, -0.25) is 9.59 Å². The Kier molecular flexibility index (Phi) is 5.27. The predicted octanol–water partition coefficient (Wildman–Crippen LogP) is 4.78. The van der Waals surface area contributed by atoms with E-state index in [0.717, 1.165) is 34.6 Å². The number of anilines is 1. The predicted molar refractivity (Wildman–Crippen MR) is 115 cm³/mol. The number of benzene rings is 2. The number of nitrogens with one attached hydrogen (secondary N) is 1. The van der Waals surface area contributed by atoms with Crippen LogP contribution in [0.5, 0.6) is 0 Å². The molecule has 28 heavy (non-hydrogen) atoms. The number of fused-ring (bicyclic) bond motifs is 1. The summed E-state index contributed by atoms with van der Waals surface area (Å²) < 4.78 is 0. The van der Waals surface area contributed by atoms with Crippen molar-refractivity contribution in [3.63, 3.8) is 0 Å². The van der Waals surface area contributed by atoms with Gasteiger partial charge >= 0.3 is 0 Å². The average Bonchev–Trinajstić information content (AvgIpc) is 3.19. The Labute approximate surface area is 170 Å². The third-order valence-electron chi connectivity index (χ3n) is 5.35. The maximum Gasteiger partial charge on any atom is 0.264 e. The van der Waals surface area contributed by atoms with Gasteiger partial charge in [0.25, 0.3) is 11.8 Å². The maximum atomic E-state index is 12.9. The fourth-order valence-corrected chi connectivity index (χ4v) is 4.88. The van der Waals surface area contributed by atoms with Gasteiger partial charge in [0, 0.05) is 23.5 Å². The van der Waals surface area contributed by atoms with Gasteiger partial charge in [-0.2, -0.15) is 0 Å². The van der Waals surface area contributed by atoms with E-state index in [0.29, 0.717) is 10.5 Å². The summed E-state index contributed by atoms with van der Waals surface area (Å²) in [7, 11) is 1.77. The number of aryl methyl sites for hydroxylation is 1. The molecule has 1 aliphatic carbocycles. The second-order valence-electron chi connectivity index (χ2n) is 7.53. The highest BCUT2D eigenvalue weighted by Crippen LogP contribution is 2.42. The van der Waals surface area contributed by atoms with E-state index in [-0.39, 0.29) is 17.9 Å². The van der Waals surface area contributed by atoms with Gasteiger partial charge in [-0.15, -0.1) is 0 Å². The standard InChI is InChI=1S/C23H24N2O2S/c1-15-6-5-7-16(12-15)13-21-23(27)25(2)19-14-17(10-11-20(19)28-21)22(26)24-18-8-3-4-9-18/h5-7,10-14,18H,3-4,8-9H2,1-2H3,(H,24,26)/b21-13-. The SMILES string of the molecule is Cc1cccc(/C=C2\Sc3ccc(C(=O)NC4CCCC4)cc3N(C)C2=O)c1. The van der Waals surface area contributed by atoms with Crippen LogP contribution in [-0.2, 0) is 4.79 Å². The lowest BCUT2D eigenvalue weighted by Crippen LogP contribution is -2.33. The fourth-order valence-electron chi connectivity index (χ4n) is 3.79. The van der Waals surface area contributed by atoms with Crippen LogP contribution in [0.2, 0.25) is 0 Å². The van der Waals surface area contributed by atoms with Gasteiger partial charge in [0.05, 0.1) is 10.6 Å². The number of carbonyl (C=O) groups is 2. The summed E-state index contributed by atoms with van der Waals surface area (Å²) in [5.74, 6) is -0.103. The van der Waals surface area contributed by atoms with Crippen molar-refractivity contribution in [3.8, 4) is 0 Å². The van der Waals surface area contributed by atoms with Crippen LogP contribution in [0.3, 0.4) is 0 Å². The molecule has 144 valence electrons. The molecule has 0 aromatic heterocycles. The van der Waals surface area contributed by atoms with Crippen molar-refractivity contribution in [3.05, 3.63) is 64.1 Å². The van der Waals surface area contributed by atoms with Crippen LogP contribution in [0, 0.1) is 6.92 Å². The van der Waals surface area contributed by atoms with E-state index in [1.165, 1.54) is 24.6 Å². The summed E-state index contributed by atoms with van der Waals surface area (Å²) in [6.45, 7) is 2.04. The zero-order chi connectivity index (χ0) is 19.7. The lowest BCUT2D eigenvalue weighted by atomic mass is 10.1. The Morgan fingerprint density at radius 3 is 2.71 bits per heavy atom. The zero-order valence-electron chi connectivity index (χ0n) is 16.2. The molecule has 2 aliphatic rings. The lowest BCUT2D eigenvalue weighted by Gasteiger charge is -2.27. The molecule has 5 heteroatoms. The van der Waals surface area contributed by atoms with Crippen molar-refractivity contribution in [2.45, 2.75) is 43.5 Å². The molecule has 1 saturated carbocycles. The van der Waals surface area contributed by atoms with Gasteiger partial charge in [-0.05, 0) is 49.6 Å². The summed E-state index contributed by atoms with van der Waals surface area (Å²) in [5, 5.41) is 3.11. The van der Waals surface area contributed by atoms with Crippen molar-refractivity contribution in [1.82, 2.24) is 5.32 Å². The Bertz CT molecular complexity index is 961. The number of hydrogen-bond acceptors (Lipinski definition) is 3. The van der Waals surface area contributed by atoms with E-state index in [4.69, 9.17) is 0 Å². The first-order valence-corrected chi connectivity index (χ1v) is 10.5. The molecule has 4 rings (SSSR count). The van der Waals surface area contributed by atoms with Crippen molar-refractivity contribution >= 4 is 35.3 Å². The first-order chi connectivity index (χ1) is 13.5. The second-order valence-corrected chi connectivity index (χ2v) is 8.61. The summed E-state index contributed by atoms with van der Waals surface area (Å²) in [6, 6.07) is 14.0. The Hall–Kier alpha value is -2.53. The van der Waals surface area contributed by atoms with Gasteiger partial charge in [0.1, 0.15) is 0 Å². The number of nitrogens with zero attached hydrogens (tertiary/aromatic N) is 1. The van der Waals surface area contributed by atoms with Crippen LogP contribution in [0.1, 0.15) is 47.2 Å². The molecule has 1 heterocycles. The molecule has 1 N–H and O–H groups in total. The minimum absolute atomic E-state index is 0.0487. The number of likely N-dealkylation sites (N-methyl/N-ethyl adjacent to an activating group) is 1. The molecule has 0 atom stereocenters. The third-order valence-corrected chi connectivity index (χ3v) is 6.43. The second kappa shape index (κ2) is 7.84. The maximum absolute atomic E-state index is 12.9. The Morgan fingerprint density at radius 2 is 1.96 bits per heavy atom. The van der Waals surface area contributed by atoms with E-state index in [9.17, 15) is 9.59 Å². The summed E-state index contributed by atoms with van der Waals surface area (Å²) in [4.78, 5) is 28.8. The molecular formula is C23H24N2O2S. The highest BCUT2D eigenvalue weighted by Gasteiger charge is 2.28. The molecule has 2 aromatic carbocycles. The topological polar surface area (TPSA) is 49.4 Å². The minimum atomic E-state index is -0.0540. The quantitative estimate of drug-likeness (QED) is 0.765. The lowest BCUT2D eigenvalue weighted by molar-refractivity contribution is -0.114. The summed E-state index contributed by atoms with van der Waals surface area (Å²) in [5.41, 5.74) is 3.57. The van der Waals surface area contributed by atoms with Crippen LogP contribution in [0.4, 0.5) is 5.69 Å². The van der Waals surface area contributed by atoms with Crippen molar-refractivity contribution in [2.75, 3.05) is 11.9 Å². The first kappa shape index (κ1) is 18.8. The molecule has 4 nitrogen and oxygen atoms in total. The normalized spacial score (nSPS) is 18.4. The molecule has 0 spiro atoms. The van der Waals surface area contributed by atoms with Crippen LogP contribution >= 0.6 is 11.8 Å². The molecule has 1 aliphatic heterocycles. The van der Waals surface area contributed by atoms with Crippen molar-refractivity contribution in [2.24, 2.45) is 0 Å². The van der Waals surface area contributed by atoms with E-state index >= 15 is 0 Å². The van der Waals surface area contributed by atoms with E-state index < -0.39 is 0 Å². The molecule has 1 fully saturated rings. The third kappa shape index (κ3) is 3.85. The Balaban J connectivity index is 1.59. The Morgan fingerprint density at radius 1 is 1.18 bits per heavy atom. The number of rotatable bonds is 3. The molecule has 0 saturated heterocycles. The van der Waals surface area contributed by atoms with Crippen molar-refractivity contribution < 1.29 is 9.59 Å². The summed E-state index contributed by atoms with van der Waals surface area (Å²) in [6.07, 6.45) is 6.40. The van der Waals surface area contributed by atoms with E-state index in [1.807, 2.05) is 49.4 Å². The largest absolute Gasteiger partial charge is 0.349 e. The van der Waals surface area contributed by atoms with Gasteiger partial charge < -0.3 is 10.2 Å². The number of thioether (sulfide) groups is 1. The highest BCUT2D eigenvalue weighted by molar-refractivity contribution is 8.04. The van der Waals surface area contributed by atoms with Crippen LogP contribution < -0.4 is 10.2 Å². The van der Waals surface area contributed by atoms with Crippen LogP contribution in [-0.4, -0.2) is 24.9 Å². The van der Waals surface area contributed by atoms with E-state index in [1.54, 1.807) is 11.9 Å². The van der Waals surface area contributed by atoms with Gasteiger partial charge in [0.2, 0.25) is 0 Å². The minimum Gasteiger partial charge on any atom is -0.349 e. The smallest absolute Gasteiger partial charge is 0.264 e. The van der Waals surface area contributed by atoms with Crippen LogP contribution in [0.25, 0.3) is 6.08 Å². The molecular weight excluding hydrogens is 368 g/mol. The van der Waals surface area contributed by atoms with Gasteiger partial charge in [-0.25, -0.2) is 0 Å². The fraction of sp³-hybridized carbons (Fsp3) is 0.304. The first-order valence-electron chi connectivity index (χ1n) is 9.70. The number of hydrogen-bond donors (Lipinski definition) is 1. The molecule has 2 aromatic rings. The number of carbonyl (C=O) groups excluding carboxylic acids is 2. The number of amides is 2. The summed E-state index contributed by atoms with van der Waals surface area (Å²) >= 11 is 1.46. The highest BCUT2D eigenvalue weighted by atomic mass is 32.2. The van der Waals surface area contributed by atoms with E-state index in [2.05, 4.69) is 11.4 Å². The van der Waals surface area contributed by atoms with Gasteiger partial charge in [-0.1, -0.05) is 54.4 Å². The van der Waals surface area contributed by atoms with Gasteiger partial charge in [0.15, 0.2) is 0 Å². The van der Waals surface area contributed by atoms with Crippen molar-refractivity contribution in [1.29, 1.82) is 0 Å². The van der Waals surface area contributed by atoms with Crippen LogP contribution in [0.15, 0.2) is 52.3 Å².